The Bertz CT molecular complexity index is 1810. The SMILES string of the molecule is C=CC(=O)OCCCCOc1ccc(C(=O)Oc2cccc3c(OC(=O)c4ccc(OCCCCOC(=O)C=CC)cc4)cc(C)cc23)cc1. The van der Waals surface area contributed by atoms with Crippen molar-refractivity contribution in [1.82, 2.24) is 0 Å². The second kappa shape index (κ2) is 19.2. The van der Waals surface area contributed by atoms with Crippen LogP contribution in [0.2, 0.25) is 0 Å². The number of carbonyl (C=O) groups excluding carboxylic acids is 4. The molecule has 0 fully saturated rings. The summed E-state index contributed by atoms with van der Waals surface area (Å²) >= 11 is 0. The highest BCUT2D eigenvalue weighted by molar-refractivity contribution is 6.00. The number of ether oxygens (including phenoxy) is 6. The summed E-state index contributed by atoms with van der Waals surface area (Å²) in [7, 11) is 0. The van der Waals surface area contributed by atoms with Gasteiger partial charge in [0.2, 0.25) is 0 Å². The summed E-state index contributed by atoms with van der Waals surface area (Å²) in [6, 6.07) is 22.1. The van der Waals surface area contributed by atoms with E-state index in [1.807, 2.05) is 13.0 Å². The summed E-state index contributed by atoms with van der Waals surface area (Å²) in [5.74, 6) is -0.0659. The average molecular weight is 681 g/mol. The van der Waals surface area contributed by atoms with E-state index in [-0.39, 0.29) is 5.97 Å². The largest absolute Gasteiger partial charge is 0.494 e. The van der Waals surface area contributed by atoms with Crippen LogP contribution in [0.1, 0.15) is 58.9 Å². The third-order valence-electron chi connectivity index (χ3n) is 7.22. The Balaban J connectivity index is 1.31. The average Bonchev–Trinajstić information content (AvgIpc) is 3.12. The fraction of sp³-hybridized carbons (Fsp3) is 0.250. The van der Waals surface area contributed by atoms with Gasteiger partial charge in [-0.2, -0.15) is 0 Å². The van der Waals surface area contributed by atoms with E-state index in [9.17, 15) is 19.2 Å². The quantitative estimate of drug-likeness (QED) is 0.0446. The summed E-state index contributed by atoms with van der Waals surface area (Å²) in [5.41, 5.74) is 1.49. The van der Waals surface area contributed by atoms with Gasteiger partial charge < -0.3 is 28.4 Å². The number of allylic oxidation sites excluding steroid dienone is 1. The molecule has 4 aromatic carbocycles. The Morgan fingerprint density at radius 1 is 0.620 bits per heavy atom. The van der Waals surface area contributed by atoms with Gasteiger partial charge in [0.25, 0.3) is 0 Å². The van der Waals surface area contributed by atoms with Crippen molar-refractivity contribution < 1.29 is 47.6 Å². The molecule has 10 nitrogen and oxygen atoms in total. The number of carbonyl (C=O) groups is 4. The molecule has 4 rings (SSSR count). The zero-order chi connectivity index (χ0) is 35.7. The minimum absolute atomic E-state index is 0.295. The zero-order valence-electron chi connectivity index (χ0n) is 28.2. The van der Waals surface area contributed by atoms with Crippen LogP contribution in [0.15, 0.2) is 104 Å². The second-order valence-electron chi connectivity index (χ2n) is 11.1. The first-order valence-corrected chi connectivity index (χ1v) is 16.3. The molecular weight excluding hydrogens is 640 g/mol. The van der Waals surface area contributed by atoms with Crippen LogP contribution in [-0.4, -0.2) is 50.3 Å². The highest BCUT2D eigenvalue weighted by atomic mass is 16.5. The number of rotatable bonds is 18. The predicted molar refractivity (Wildman–Crippen MR) is 188 cm³/mol. The van der Waals surface area contributed by atoms with Gasteiger partial charge in [-0.15, -0.1) is 0 Å². The maximum Gasteiger partial charge on any atom is 0.343 e. The first kappa shape index (κ1) is 36.9. The standard InChI is InChI=1S/C40H40O10/c1-4-11-38(42)48-25-9-7-23-46-32-20-16-30(17-21-32)40(44)50-36-27-28(3)26-34-33(36)12-10-13-35(34)49-39(43)29-14-18-31(19-15-29)45-22-6-8-24-47-37(41)5-2/h4-5,10-21,26-27H,2,6-9,22-25H2,1,3H3. The van der Waals surface area contributed by atoms with Crippen LogP contribution in [0.25, 0.3) is 10.8 Å². The molecule has 0 radical (unpaired) electrons. The van der Waals surface area contributed by atoms with Gasteiger partial charge in [0.05, 0.1) is 37.6 Å². The lowest BCUT2D eigenvalue weighted by molar-refractivity contribution is -0.138. The molecular formula is C40H40O10. The van der Waals surface area contributed by atoms with Gasteiger partial charge >= 0.3 is 23.9 Å². The van der Waals surface area contributed by atoms with Crippen molar-refractivity contribution in [2.45, 2.75) is 39.5 Å². The number of hydrogen-bond donors (Lipinski definition) is 0. The smallest absolute Gasteiger partial charge is 0.343 e. The van der Waals surface area contributed by atoms with E-state index < -0.39 is 17.9 Å². The number of hydrogen-bond acceptors (Lipinski definition) is 10. The van der Waals surface area contributed by atoms with Gasteiger partial charge in [-0.25, -0.2) is 19.2 Å². The Labute approximate surface area is 291 Å². The monoisotopic (exact) mass is 680 g/mol. The maximum atomic E-state index is 13.1. The molecule has 0 amide bonds. The minimum atomic E-state index is -0.553. The highest BCUT2D eigenvalue weighted by Crippen LogP contribution is 2.35. The molecule has 0 N–H and O–H groups in total. The third-order valence-corrected chi connectivity index (χ3v) is 7.22. The van der Waals surface area contributed by atoms with Crippen LogP contribution in [0.4, 0.5) is 0 Å². The molecule has 0 aliphatic rings. The minimum Gasteiger partial charge on any atom is -0.494 e. The van der Waals surface area contributed by atoms with Gasteiger partial charge in [-0.1, -0.05) is 24.8 Å². The van der Waals surface area contributed by atoms with Crippen LogP contribution in [-0.2, 0) is 19.1 Å². The van der Waals surface area contributed by atoms with E-state index in [0.29, 0.717) is 97.0 Å². The number of unbranched alkanes of at least 4 members (excludes halogenated alkanes) is 2. The molecule has 0 spiro atoms. The van der Waals surface area contributed by atoms with Crippen LogP contribution in [0, 0.1) is 6.92 Å². The van der Waals surface area contributed by atoms with Crippen molar-refractivity contribution >= 4 is 34.6 Å². The van der Waals surface area contributed by atoms with Crippen LogP contribution < -0.4 is 18.9 Å². The molecule has 0 aliphatic carbocycles. The van der Waals surface area contributed by atoms with Crippen molar-refractivity contribution in [3.63, 3.8) is 0 Å². The van der Waals surface area contributed by atoms with E-state index in [2.05, 4.69) is 6.58 Å². The van der Waals surface area contributed by atoms with E-state index in [1.165, 1.54) is 6.08 Å². The molecule has 0 bridgehead atoms. The second-order valence-corrected chi connectivity index (χ2v) is 11.1. The topological polar surface area (TPSA) is 124 Å². The molecule has 0 saturated heterocycles. The Morgan fingerprint density at radius 2 is 1.14 bits per heavy atom. The molecule has 0 atom stereocenters. The Morgan fingerprint density at radius 3 is 1.68 bits per heavy atom. The number of benzene rings is 4. The van der Waals surface area contributed by atoms with Crippen molar-refractivity contribution in [1.29, 1.82) is 0 Å². The molecule has 0 aromatic heterocycles. The van der Waals surface area contributed by atoms with E-state index in [1.54, 1.807) is 85.8 Å². The van der Waals surface area contributed by atoms with Crippen LogP contribution in [0.3, 0.4) is 0 Å². The molecule has 0 saturated carbocycles. The predicted octanol–water partition coefficient (Wildman–Crippen LogP) is 7.75. The maximum absolute atomic E-state index is 13.1. The summed E-state index contributed by atoms with van der Waals surface area (Å²) in [6.45, 7) is 8.45. The first-order valence-electron chi connectivity index (χ1n) is 16.3. The first-order chi connectivity index (χ1) is 24.3. The number of esters is 4. The van der Waals surface area contributed by atoms with E-state index in [0.717, 1.165) is 11.6 Å². The van der Waals surface area contributed by atoms with Crippen molar-refractivity contribution in [3.8, 4) is 23.0 Å². The number of aryl methyl sites for hydroxylation is 1. The molecule has 0 heterocycles. The fourth-order valence-electron chi connectivity index (χ4n) is 4.70. The molecule has 50 heavy (non-hydrogen) atoms. The Kier molecular flexibility index (Phi) is 14.2. The summed E-state index contributed by atoms with van der Waals surface area (Å²) < 4.78 is 33.1. The Hall–Kier alpha value is -5.90. The molecule has 4 aromatic rings. The third kappa shape index (κ3) is 11.4. The van der Waals surface area contributed by atoms with Gasteiger partial charge in [0, 0.05) is 22.9 Å². The fourth-order valence-corrected chi connectivity index (χ4v) is 4.70. The normalized spacial score (nSPS) is 10.8. The van der Waals surface area contributed by atoms with Crippen molar-refractivity contribution in [2.75, 3.05) is 26.4 Å². The molecule has 0 unspecified atom stereocenters. The van der Waals surface area contributed by atoms with Gasteiger partial charge in [-0.3, -0.25) is 0 Å². The van der Waals surface area contributed by atoms with Crippen LogP contribution in [0.5, 0.6) is 23.0 Å². The summed E-state index contributed by atoms with van der Waals surface area (Å²) in [4.78, 5) is 48.6. The van der Waals surface area contributed by atoms with Gasteiger partial charge in [0.1, 0.15) is 23.0 Å². The summed E-state index contributed by atoms with van der Waals surface area (Å²) in [6.07, 6.45) is 6.84. The zero-order valence-corrected chi connectivity index (χ0v) is 28.2. The summed E-state index contributed by atoms with van der Waals surface area (Å²) in [5, 5.41) is 1.22. The lowest BCUT2D eigenvalue weighted by Crippen LogP contribution is -2.10. The van der Waals surface area contributed by atoms with E-state index >= 15 is 0 Å². The molecule has 0 aliphatic heterocycles. The van der Waals surface area contributed by atoms with Gasteiger partial charge in [0.15, 0.2) is 0 Å². The number of fused-ring (bicyclic) bond motifs is 1. The molecule has 260 valence electrons. The van der Waals surface area contributed by atoms with Crippen molar-refractivity contribution in [2.24, 2.45) is 0 Å². The molecule has 10 heteroatoms. The van der Waals surface area contributed by atoms with Crippen molar-refractivity contribution in [3.05, 3.63) is 120 Å². The lowest BCUT2D eigenvalue weighted by atomic mass is 10.1. The van der Waals surface area contributed by atoms with E-state index in [4.69, 9.17) is 28.4 Å². The van der Waals surface area contributed by atoms with Gasteiger partial charge in [-0.05, 0) is 112 Å². The highest BCUT2D eigenvalue weighted by Gasteiger charge is 2.16. The van der Waals surface area contributed by atoms with Crippen LogP contribution >= 0.6 is 0 Å². The lowest BCUT2D eigenvalue weighted by Gasteiger charge is -2.13.